The molecule has 1 fully saturated rings. The lowest BCUT2D eigenvalue weighted by Gasteiger charge is -2.15. The van der Waals surface area contributed by atoms with Gasteiger partial charge in [-0.15, -0.1) is 11.3 Å². The molecule has 0 spiro atoms. The molecule has 0 saturated carbocycles. The molecule has 22 heavy (non-hydrogen) atoms. The van der Waals surface area contributed by atoms with Crippen LogP contribution in [0.3, 0.4) is 0 Å². The van der Waals surface area contributed by atoms with Crippen molar-refractivity contribution in [2.24, 2.45) is 0 Å². The Morgan fingerprint density at radius 3 is 2.68 bits per heavy atom. The van der Waals surface area contributed by atoms with Crippen LogP contribution in [0.5, 0.6) is 0 Å². The van der Waals surface area contributed by atoms with Crippen molar-refractivity contribution in [3.8, 4) is 0 Å². The summed E-state index contributed by atoms with van der Waals surface area (Å²) in [7, 11) is -3.54. The van der Waals surface area contributed by atoms with Gasteiger partial charge >= 0.3 is 0 Å². The van der Waals surface area contributed by atoms with Crippen LogP contribution in [0, 0.1) is 0 Å². The first-order valence-electron chi connectivity index (χ1n) is 7.27. The van der Waals surface area contributed by atoms with Crippen molar-refractivity contribution >= 4 is 31.6 Å². The van der Waals surface area contributed by atoms with Gasteiger partial charge in [0.2, 0.25) is 10.0 Å². The van der Waals surface area contributed by atoms with Crippen LogP contribution in [0.2, 0.25) is 0 Å². The summed E-state index contributed by atoms with van der Waals surface area (Å²) in [5.41, 5.74) is 0.775. The van der Waals surface area contributed by atoms with Gasteiger partial charge < -0.3 is 5.11 Å². The second-order valence-electron chi connectivity index (χ2n) is 6.70. The Hall–Kier alpha value is -1.02. The number of thiazole rings is 1. The summed E-state index contributed by atoms with van der Waals surface area (Å²) in [6.45, 7) is 6.82. The van der Waals surface area contributed by atoms with Gasteiger partial charge in [-0.3, -0.25) is 0 Å². The molecular weight excluding hydrogens is 320 g/mol. The van der Waals surface area contributed by atoms with Crippen molar-refractivity contribution in [3.63, 3.8) is 0 Å². The number of nitrogens with zero attached hydrogens (tertiary/aromatic N) is 2. The zero-order valence-electron chi connectivity index (χ0n) is 12.9. The summed E-state index contributed by atoms with van der Waals surface area (Å²) in [6, 6.07) is 5.07. The van der Waals surface area contributed by atoms with Crippen LogP contribution in [-0.2, 0) is 15.4 Å². The molecule has 120 valence electrons. The molecule has 1 atom stereocenters. The number of rotatable bonds is 2. The number of sulfonamides is 1. The maximum absolute atomic E-state index is 12.6. The molecule has 0 amide bonds. The number of aromatic nitrogens is 1. The van der Waals surface area contributed by atoms with E-state index in [1.165, 1.54) is 15.6 Å². The summed E-state index contributed by atoms with van der Waals surface area (Å²) in [6.07, 6.45) is -0.0645. The predicted molar refractivity (Wildman–Crippen MR) is 87.7 cm³/mol. The molecule has 1 saturated heterocycles. The van der Waals surface area contributed by atoms with Crippen LogP contribution in [0.4, 0.5) is 0 Å². The minimum atomic E-state index is -3.54. The highest BCUT2D eigenvalue weighted by molar-refractivity contribution is 7.89. The number of benzene rings is 1. The van der Waals surface area contributed by atoms with Crippen LogP contribution >= 0.6 is 11.3 Å². The van der Waals surface area contributed by atoms with Gasteiger partial charge in [0.05, 0.1) is 26.2 Å². The Labute approximate surface area is 134 Å². The number of hydrogen-bond acceptors (Lipinski definition) is 5. The third-order valence-corrected chi connectivity index (χ3v) is 7.07. The second kappa shape index (κ2) is 5.26. The predicted octanol–water partition coefficient (Wildman–Crippen LogP) is 2.35. The molecule has 7 heteroatoms. The molecule has 3 rings (SSSR count). The van der Waals surface area contributed by atoms with E-state index >= 15 is 0 Å². The van der Waals surface area contributed by atoms with Crippen molar-refractivity contribution in [2.45, 2.75) is 43.6 Å². The first kappa shape index (κ1) is 15.9. The molecule has 0 unspecified atom stereocenters. The molecule has 5 nitrogen and oxygen atoms in total. The summed E-state index contributed by atoms with van der Waals surface area (Å²) >= 11 is 1.53. The van der Waals surface area contributed by atoms with Crippen molar-refractivity contribution in [3.05, 3.63) is 23.2 Å². The van der Waals surface area contributed by atoms with Crippen molar-refractivity contribution in [1.29, 1.82) is 0 Å². The summed E-state index contributed by atoms with van der Waals surface area (Å²) in [5.74, 6) is 0. The van der Waals surface area contributed by atoms with E-state index in [-0.39, 0.29) is 16.9 Å². The number of hydrogen-bond donors (Lipinski definition) is 1. The molecule has 2 heterocycles. The number of aliphatic hydroxyl groups excluding tert-OH is 1. The lowest BCUT2D eigenvalue weighted by atomic mass is 9.98. The van der Waals surface area contributed by atoms with E-state index in [4.69, 9.17) is 0 Å². The first-order chi connectivity index (χ1) is 10.2. The molecule has 0 aliphatic carbocycles. The molecular formula is C15H20N2O3S2. The maximum atomic E-state index is 12.6. The molecule has 1 aromatic carbocycles. The maximum Gasteiger partial charge on any atom is 0.243 e. The van der Waals surface area contributed by atoms with E-state index in [0.717, 1.165) is 15.2 Å². The zero-order valence-corrected chi connectivity index (χ0v) is 14.5. The Morgan fingerprint density at radius 1 is 1.36 bits per heavy atom. The smallest absolute Gasteiger partial charge is 0.243 e. The largest absolute Gasteiger partial charge is 0.392 e. The molecule has 0 radical (unpaired) electrons. The van der Waals surface area contributed by atoms with Gasteiger partial charge in [-0.2, -0.15) is 4.31 Å². The van der Waals surface area contributed by atoms with E-state index < -0.39 is 16.1 Å². The third-order valence-electron chi connectivity index (χ3n) is 3.77. The lowest BCUT2D eigenvalue weighted by Crippen LogP contribution is -2.29. The van der Waals surface area contributed by atoms with Crippen LogP contribution < -0.4 is 0 Å². The molecule has 1 aliphatic heterocycles. The normalized spacial score (nSPS) is 20.8. The van der Waals surface area contributed by atoms with Crippen molar-refractivity contribution in [1.82, 2.24) is 9.29 Å². The van der Waals surface area contributed by atoms with E-state index in [1.807, 2.05) is 0 Å². The van der Waals surface area contributed by atoms with Gasteiger partial charge in [0.1, 0.15) is 0 Å². The summed E-state index contributed by atoms with van der Waals surface area (Å²) in [5, 5.41) is 10.6. The highest BCUT2D eigenvalue weighted by Gasteiger charge is 2.32. The fourth-order valence-corrected chi connectivity index (χ4v) is 5.12. The average Bonchev–Trinajstić information content (AvgIpc) is 3.03. The van der Waals surface area contributed by atoms with Gasteiger partial charge in [0.25, 0.3) is 0 Å². The van der Waals surface area contributed by atoms with Crippen LogP contribution in [0.15, 0.2) is 23.1 Å². The summed E-state index contributed by atoms with van der Waals surface area (Å²) in [4.78, 5) is 4.86. The summed E-state index contributed by atoms with van der Waals surface area (Å²) < 4.78 is 27.5. The molecule has 2 aromatic rings. The van der Waals surface area contributed by atoms with E-state index in [9.17, 15) is 13.5 Å². The molecule has 1 N–H and O–H groups in total. The number of aliphatic hydroxyl groups is 1. The van der Waals surface area contributed by atoms with Gasteiger partial charge in [-0.25, -0.2) is 13.4 Å². The third kappa shape index (κ3) is 2.78. The van der Waals surface area contributed by atoms with Crippen molar-refractivity contribution in [2.75, 3.05) is 13.1 Å². The first-order valence-corrected chi connectivity index (χ1v) is 9.53. The lowest BCUT2D eigenvalue weighted by molar-refractivity contribution is 0.189. The second-order valence-corrected chi connectivity index (χ2v) is 9.67. The number of fused-ring (bicyclic) bond motifs is 1. The fourth-order valence-electron chi connectivity index (χ4n) is 2.46. The monoisotopic (exact) mass is 340 g/mol. The highest BCUT2D eigenvalue weighted by atomic mass is 32.2. The minimum absolute atomic E-state index is 0.0538. The SMILES string of the molecule is CC(C)(C)c1nc2ccc(S(=O)(=O)N3CC[C@H](O)C3)cc2s1. The quantitative estimate of drug-likeness (QED) is 0.911. The standard InChI is InChI=1S/C15H20N2O3S2/c1-15(2,3)14-16-12-5-4-11(8-13(12)21-14)22(19,20)17-7-6-10(18)9-17/h4-5,8,10,18H,6-7,9H2,1-3H3/t10-/m0/s1. The Morgan fingerprint density at radius 2 is 2.09 bits per heavy atom. The van der Waals surface area contributed by atoms with Gasteiger partial charge in [0.15, 0.2) is 0 Å². The van der Waals surface area contributed by atoms with E-state index in [0.29, 0.717) is 13.0 Å². The molecule has 1 aromatic heterocycles. The topological polar surface area (TPSA) is 70.5 Å². The van der Waals surface area contributed by atoms with Crippen LogP contribution in [-0.4, -0.2) is 42.0 Å². The van der Waals surface area contributed by atoms with Crippen LogP contribution in [0.1, 0.15) is 32.2 Å². The Balaban J connectivity index is 2.01. The average molecular weight is 340 g/mol. The number of β-amino-alcohol motifs (C(OH)–C–C–N with tert-alkyl or cyclic N) is 1. The van der Waals surface area contributed by atoms with E-state index in [1.54, 1.807) is 18.2 Å². The van der Waals surface area contributed by atoms with Gasteiger partial charge in [-0.1, -0.05) is 20.8 Å². The van der Waals surface area contributed by atoms with Crippen LogP contribution in [0.25, 0.3) is 10.2 Å². The molecule has 0 bridgehead atoms. The highest BCUT2D eigenvalue weighted by Crippen LogP contribution is 2.33. The Bertz CT molecular complexity index is 806. The van der Waals surface area contributed by atoms with E-state index in [2.05, 4.69) is 25.8 Å². The fraction of sp³-hybridized carbons (Fsp3) is 0.533. The van der Waals surface area contributed by atoms with Gasteiger partial charge in [-0.05, 0) is 24.6 Å². The molecule has 1 aliphatic rings. The minimum Gasteiger partial charge on any atom is -0.392 e. The Kier molecular flexibility index (Phi) is 3.79. The van der Waals surface area contributed by atoms with Crippen molar-refractivity contribution < 1.29 is 13.5 Å². The van der Waals surface area contributed by atoms with Gasteiger partial charge in [0, 0.05) is 18.5 Å². The zero-order chi connectivity index (χ0) is 16.1.